The predicted molar refractivity (Wildman–Crippen MR) is 114 cm³/mol. The van der Waals surface area contributed by atoms with Gasteiger partial charge in [-0.05, 0) is 48.6 Å². The molecule has 0 fully saturated rings. The smallest absolute Gasteiger partial charge is 0.258 e. The Morgan fingerprint density at radius 2 is 1.82 bits per heavy atom. The molecule has 1 aliphatic rings. The fraction of sp³-hybridized carbons (Fsp3) is 0.227. The number of fused-ring (bicyclic) bond motifs is 2. The van der Waals surface area contributed by atoms with Crippen LogP contribution in [-0.2, 0) is 16.4 Å². The second-order valence-corrected chi connectivity index (χ2v) is 8.88. The summed E-state index contributed by atoms with van der Waals surface area (Å²) in [6, 6.07) is 19.3. The molecule has 0 saturated heterocycles. The Hall–Kier alpha value is -2.86. The zero-order valence-corrected chi connectivity index (χ0v) is 16.7. The molecule has 0 bridgehead atoms. The second kappa shape index (κ2) is 6.95. The summed E-state index contributed by atoms with van der Waals surface area (Å²) in [5.74, 6) is -0.0838. The number of hydrogen-bond acceptors (Lipinski definition) is 3. The Morgan fingerprint density at radius 1 is 1.07 bits per heavy atom. The van der Waals surface area contributed by atoms with Crippen LogP contribution >= 0.6 is 0 Å². The number of anilines is 2. The standard InChI is InChI=1S/C22H22N2O3S/c1-3-23(21-10-6-8-16-7-4-5-9-19(16)21)22(25)18-11-12-20-17(15-18)13-14-24(20)28(2,26)27/h4-12,15H,3,13-14H2,1-2H3. The molecule has 1 amide bonds. The van der Waals surface area contributed by atoms with Gasteiger partial charge in [0.25, 0.3) is 5.91 Å². The molecule has 0 atom stereocenters. The monoisotopic (exact) mass is 394 g/mol. The number of nitrogens with zero attached hydrogens (tertiary/aromatic N) is 2. The van der Waals surface area contributed by atoms with E-state index in [0.717, 1.165) is 22.0 Å². The van der Waals surface area contributed by atoms with Gasteiger partial charge in [0.2, 0.25) is 10.0 Å². The topological polar surface area (TPSA) is 57.7 Å². The molecule has 28 heavy (non-hydrogen) atoms. The fourth-order valence-electron chi connectivity index (χ4n) is 3.87. The lowest BCUT2D eigenvalue weighted by Gasteiger charge is -2.23. The number of sulfonamides is 1. The minimum atomic E-state index is -3.30. The van der Waals surface area contributed by atoms with Gasteiger partial charge in [0, 0.05) is 24.0 Å². The normalized spacial score (nSPS) is 13.6. The van der Waals surface area contributed by atoms with Crippen molar-refractivity contribution in [2.24, 2.45) is 0 Å². The van der Waals surface area contributed by atoms with Crippen LogP contribution in [0.5, 0.6) is 0 Å². The first-order valence-corrected chi connectivity index (χ1v) is 11.1. The van der Waals surface area contributed by atoms with Crippen molar-refractivity contribution < 1.29 is 13.2 Å². The van der Waals surface area contributed by atoms with E-state index in [1.165, 1.54) is 10.6 Å². The van der Waals surface area contributed by atoms with E-state index in [-0.39, 0.29) is 5.91 Å². The minimum Gasteiger partial charge on any atom is -0.308 e. The van der Waals surface area contributed by atoms with Crippen LogP contribution in [0.2, 0.25) is 0 Å². The van der Waals surface area contributed by atoms with Crippen molar-refractivity contribution in [2.45, 2.75) is 13.3 Å². The summed E-state index contributed by atoms with van der Waals surface area (Å²) in [4.78, 5) is 15.1. The molecule has 3 aromatic carbocycles. The number of benzene rings is 3. The molecular formula is C22H22N2O3S. The van der Waals surface area contributed by atoms with Crippen LogP contribution in [0.15, 0.2) is 60.7 Å². The molecule has 144 valence electrons. The number of rotatable bonds is 4. The van der Waals surface area contributed by atoms with Crippen LogP contribution in [0, 0.1) is 0 Å². The average molecular weight is 394 g/mol. The van der Waals surface area contributed by atoms with E-state index >= 15 is 0 Å². The SMILES string of the molecule is CCN(C(=O)c1ccc2c(c1)CCN2S(C)(=O)=O)c1cccc2ccccc12. The van der Waals surface area contributed by atoms with Crippen LogP contribution in [0.4, 0.5) is 11.4 Å². The number of amides is 1. The highest BCUT2D eigenvalue weighted by molar-refractivity contribution is 7.92. The van der Waals surface area contributed by atoms with Gasteiger partial charge in [-0.1, -0.05) is 36.4 Å². The van der Waals surface area contributed by atoms with Gasteiger partial charge in [0.1, 0.15) is 0 Å². The van der Waals surface area contributed by atoms with Crippen LogP contribution in [0.1, 0.15) is 22.8 Å². The fourth-order valence-corrected chi connectivity index (χ4v) is 4.83. The Kier molecular flexibility index (Phi) is 4.59. The number of carbonyl (C=O) groups is 1. The Morgan fingerprint density at radius 3 is 2.57 bits per heavy atom. The van der Waals surface area contributed by atoms with E-state index in [1.807, 2.05) is 55.5 Å². The molecule has 0 spiro atoms. The summed E-state index contributed by atoms with van der Waals surface area (Å²) < 4.78 is 25.3. The zero-order chi connectivity index (χ0) is 19.9. The quantitative estimate of drug-likeness (QED) is 0.676. The first kappa shape index (κ1) is 18.5. The van der Waals surface area contributed by atoms with Gasteiger partial charge in [0.05, 0.1) is 17.6 Å². The van der Waals surface area contributed by atoms with Crippen molar-refractivity contribution >= 4 is 38.1 Å². The molecule has 0 aliphatic carbocycles. The molecule has 1 aliphatic heterocycles. The summed E-state index contributed by atoms with van der Waals surface area (Å²) >= 11 is 0. The Balaban J connectivity index is 1.72. The van der Waals surface area contributed by atoms with Crippen molar-refractivity contribution in [1.82, 2.24) is 0 Å². The third kappa shape index (κ3) is 3.14. The molecule has 0 saturated carbocycles. The van der Waals surface area contributed by atoms with Crippen molar-refractivity contribution in [3.63, 3.8) is 0 Å². The minimum absolute atomic E-state index is 0.0838. The maximum atomic E-state index is 13.3. The van der Waals surface area contributed by atoms with E-state index in [2.05, 4.69) is 0 Å². The van der Waals surface area contributed by atoms with Crippen molar-refractivity contribution in [3.05, 3.63) is 71.8 Å². The lowest BCUT2D eigenvalue weighted by atomic mass is 10.1. The largest absolute Gasteiger partial charge is 0.308 e. The lowest BCUT2D eigenvalue weighted by molar-refractivity contribution is 0.0988. The highest BCUT2D eigenvalue weighted by Crippen LogP contribution is 2.32. The van der Waals surface area contributed by atoms with Crippen LogP contribution < -0.4 is 9.21 Å². The molecule has 1 heterocycles. The molecule has 4 rings (SSSR count). The Labute approximate surface area is 165 Å². The maximum absolute atomic E-state index is 13.3. The molecule has 0 unspecified atom stereocenters. The van der Waals surface area contributed by atoms with Crippen LogP contribution in [0.25, 0.3) is 10.8 Å². The highest BCUT2D eigenvalue weighted by atomic mass is 32.2. The summed E-state index contributed by atoms with van der Waals surface area (Å²) in [5.41, 5.74) is 3.02. The number of carbonyl (C=O) groups excluding carboxylic acids is 1. The average Bonchev–Trinajstić information content (AvgIpc) is 3.12. The van der Waals surface area contributed by atoms with E-state index in [0.29, 0.717) is 30.8 Å². The molecule has 0 N–H and O–H groups in total. The molecule has 3 aromatic rings. The van der Waals surface area contributed by atoms with Crippen LogP contribution in [0.3, 0.4) is 0 Å². The van der Waals surface area contributed by atoms with Crippen molar-refractivity contribution in [2.75, 3.05) is 28.6 Å². The summed E-state index contributed by atoms with van der Waals surface area (Å²) in [6.07, 6.45) is 1.82. The van der Waals surface area contributed by atoms with Gasteiger partial charge < -0.3 is 4.90 Å². The first-order valence-electron chi connectivity index (χ1n) is 9.30. The molecule has 0 radical (unpaired) electrons. The first-order chi connectivity index (χ1) is 13.4. The van der Waals surface area contributed by atoms with Gasteiger partial charge in [-0.25, -0.2) is 8.42 Å². The maximum Gasteiger partial charge on any atom is 0.258 e. The van der Waals surface area contributed by atoms with E-state index in [9.17, 15) is 13.2 Å². The van der Waals surface area contributed by atoms with E-state index in [1.54, 1.807) is 17.0 Å². The number of hydrogen-bond donors (Lipinski definition) is 0. The highest BCUT2D eigenvalue weighted by Gasteiger charge is 2.27. The van der Waals surface area contributed by atoms with Crippen LogP contribution in [-0.4, -0.2) is 33.7 Å². The Bertz CT molecular complexity index is 1170. The van der Waals surface area contributed by atoms with Gasteiger partial charge >= 0.3 is 0 Å². The molecular weight excluding hydrogens is 372 g/mol. The summed E-state index contributed by atoms with van der Waals surface area (Å²) in [7, 11) is -3.30. The molecule has 0 aromatic heterocycles. The molecule has 6 heteroatoms. The second-order valence-electron chi connectivity index (χ2n) is 6.98. The van der Waals surface area contributed by atoms with Gasteiger partial charge in [-0.3, -0.25) is 9.10 Å². The van der Waals surface area contributed by atoms with E-state index < -0.39 is 10.0 Å². The third-order valence-electron chi connectivity index (χ3n) is 5.20. The van der Waals surface area contributed by atoms with Gasteiger partial charge in [0.15, 0.2) is 0 Å². The lowest BCUT2D eigenvalue weighted by Crippen LogP contribution is -2.31. The van der Waals surface area contributed by atoms with Gasteiger partial charge in [-0.2, -0.15) is 0 Å². The zero-order valence-electron chi connectivity index (χ0n) is 15.9. The van der Waals surface area contributed by atoms with Crippen molar-refractivity contribution in [1.29, 1.82) is 0 Å². The summed E-state index contributed by atoms with van der Waals surface area (Å²) in [6.45, 7) is 2.92. The van der Waals surface area contributed by atoms with E-state index in [4.69, 9.17) is 0 Å². The molecule has 5 nitrogen and oxygen atoms in total. The summed E-state index contributed by atoms with van der Waals surface area (Å²) in [5, 5.41) is 2.12. The predicted octanol–water partition coefficient (Wildman–Crippen LogP) is 3.83. The third-order valence-corrected chi connectivity index (χ3v) is 6.38. The van der Waals surface area contributed by atoms with Crippen molar-refractivity contribution in [3.8, 4) is 0 Å². The van der Waals surface area contributed by atoms with Gasteiger partial charge in [-0.15, -0.1) is 0 Å².